The molecule has 1 aliphatic carbocycles. The summed E-state index contributed by atoms with van der Waals surface area (Å²) in [5, 5.41) is 11.9. The molecule has 3 aromatic rings. The SMILES string of the molecule is Cc1ccc(CNC(=O)OCC2c3ccccc3-c3ccccc32)cc1C(=O)O. The first-order valence-electron chi connectivity index (χ1n) is 9.46. The number of nitrogens with one attached hydrogen (secondary N) is 1. The average Bonchev–Trinajstić information content (AvgIpc) is 3.05. The van der Waals surface area contributed by atoms with Crippen LogP contribution in [0.15, 0.2) is 66.7 Å². The van der Waals surface area contributed by atoms with E-state index in [0.717, 1.165) is 11.1 Å². The highest BCUT2D eigenvalue weighted by atomic mass is 16.5. The minimum Gasteiger partial charge on any atom is -0.478 e. The molecule has 0 spiro atoms. The van der Waals surface area contributed by atoms with Crippen molar-refractivity contribution in [1.29, 1.82) is 0 Å². The van der Waals surface area contributed by atoms with Crippen LogP contribution in [0.2, 0.25) is 0 Å². The second-order valence-electron chi connectivity index (χ2n) is 7.13. The second-order valence-corrected chi connectivity index (χ2v) is 7.13. The van der Waals surface area contributed by atoms with E-state index in [1.165, 1.54) is 11.1 Å². The molecule has 0 aromatic heterocycles. The molecule has 1 aliphatic rings. The van der Waals surface area contributed by atoms with Crippen LogP contribution in [-0.4, -0.2) is 23.8 Å². The van der Waals surface area contributed by atoms with E-state index in [-0.39, 0.29) is 24.6 Å². The summed E-state index contributed by atoms with van der Waals surface area (Å²) < 4.78 is 5.50. The molecule has 0 atom stereocenters. The Bertz CT molecular complexity index is 1040. The van der Waals surface area contributed by atoms with Crippen molar-refractivity contribution in [1.82, 2.24) is 5.32 Å². The fourth-order valence-corrected chi connectivity index (χ4v) is 3.83. The molecule has 3 aromatic carbocycles. The van der Waals surface area contributed by atoms with Gasteiger partial charge in [0, 0.05) is 12.5 Å². The van der Waals surface area contributed by atoms with Crippen molar-refractivity contribution < 1.29 is 19.4 Å². The Morgan fingerprint density at radius 3 is 2.21 bits per heavy atom. The number of carboxylic acid groups (broad SMARTS) is 1. The Morgan fingerprint density at radius 2 is 1.59 bits per heavy atom. The zero-order valence-electron chi connectivity index (χ0n) is 16.0. The number of ether oxygens (including phenoxy) is 1. The minimum absolute atomic E-state index is 0.00568. The summed E-state index contributed by atoms with van der Waals surface area (Å²) in [7, 11) is 0. The molecule has 0 radical (unpaired) electrons. The topological polar surface area (TPSA) is 75.6 Å². The van der Waals surface area contributed by atoms with Gasteiger partial charge in [-0.25, -0.2) is 9.59 Å². The summed E-state index contributed by atoms with van der Waals surface area (Å²) in [6, 6.07) is 21.4. The lowest BCUT2D eigenvalue weighted by atomic mass is 9.98. The zero-order chi connectivity index (χ0) is 20.4. The van der Waals surface area contributed by atoms with Gasteiger partial charge < -0.3 is 15.2 Å². The molecule has 0 aliphatic heterocycles. The van der Waals surface area contributed by atoms with Crippen molar-refractivity contribution >= 4 is 12.1 Å². The molecule has 0 heterocycles. The Kier molecular flexibility index (Phi) is 5.04. The number of aromatic carboxylic acids is 1. The quantitative estimate of drug-likeness (QED) is 0.663. The first kappa shape index (κ1) is 18.7. The standard InChI is InChI=1S/C24H21NO4/c1-15-10-11-16(12-21(15)23(26)27)13-25-24(28)29-14-22-19-8-4-2-6-17(19)18-7-3-5-9-20(18)22/h2-12,22H,13-14H2,1H3,(H,25,28)(H,26,27). The molecule has 5 nitrogen and oxygen atoms in total. The lowest BCUT2D eigenvalue weighted by molar-refractivity contribution is 0.0696. The maximum absolute atomic E-state index is 12.2. The second kappa shape index (κ2) is 7.80. The molecule has 0 fully saturated rings. The monoisotopic (exact) mass is 387 g/mol. The lowest BCUT2D eigenvalue weighted by Crippen LogP contribution is -2.25. The number of carbonyl (C=O) groups excluding carboxylic acids is 1. The van der Waals surface area contributed by atoms with Gasteiger partial charge in [-0.3, -0.25) is 0 Å². The van der Waals surface area contributed by atoms with E-state index in [1.54, 1.807) is 25.1 Å². The van der Waals surface area contributed by atoms with E-state index in [0.29, 0.717) is 11.1 Å². The van der Waals surface area contributed by atoms with Crippen molar-refractivity contribution in [2.24, 2.45) is 0 Å². The van der Waals surface area contributed by atoms with Crippen molar-refractivity contribution in [3.8, 4) is 11.1 Å². The van der Waals surface area contributed by atoms with Gasteiger partial charge in [-0.1, -0.05) is 60.7 Å². The minimum atomic E-state index is -0.981. The van der Waals surface area contributed by atoms with E-state index >= 15 is 0 Å². The van der Waals surface area contributed by atoms with Crippen molar-refractivity contribution in [2.75, 3.05) is 6.61 Å². The van der Waals surface area contributed by atoms with Crippen LogP contribution in [0.3, 0.4) is 0 Å². The number of fused-ring (bicyclic) bond motifs is 3. The summed E-state index contributed by atoms with van der Waals surface area (Å²) in [6.07, 6.45) is -0.524. The molecule has 0 saturated heterocycles. The summed E-state index contributed by atoms with van der Waals surface area (Å²) in [4.78, 5) is 23.5. The van der Waals surface area contributed by atoms with Gasteiger partial charge in [0.25, 0.3) is 0 Å². The van der Waals surface area contributed by atoms with E-state index in [4.69, 9.17) is 4.74 Å². The number of hydrogen-bond acceptors (Lipinski definition) is 3. The van der Waals surface area contributed by atoms with Crippen LogP contribution in [0.5, 0.6) is 0 Å². The average molecular weight is 387 g/mol. The molecule has 5 heteroatoms. The van der Waals surface area contributed by atoms with Gasteiger partial charge in [-0.2, -0.15) is 0 Å². The third kappa shape index (κ3) is 3.72. The van der Waals surface area contributed by atoms with Crippen LogP contribution in [0.1, 0.15) is 38.5 Å². The van der Waals surface area contributed by atoms with Crippen LogP contribution in [0, 0.1) is 6.92 Å². The van der Waals surface area contributed by atoms with Crippen molar-refractivity contribution in [3.05, 3.63) is 94.5 Å². The molecule has 0 saturated carbocycles. The number of carbonyl (C=O) groups is 2. The molecular weight excluding hydrogens is 366 g/mol. The van der Waals surface area contributed by atoms with Crippen LogP contribution in [-0.2, 0) is 11.3 Å². The number of aryl methyl sites for hydroxylation is 1. The third-order valence-corrected chi connectivity index (χ3v) is 5.31. The maximum atomic E-state index is 12.2. The van der Waals surface area contributed by atoms with Crippen LogP contribution >= 0.6 is 0 Å². The van der Waals surface area contributed by atoms with Gasteiger partial charge in [-0.15, -0.1) is 0 Å². The molecule has 29 heavy (non-hydrogen) atoms. The van der Waals surface area contributed by atoms with E-state index < -0.39 is 12.1 Å². The number of benzene rings is 3. The van der Waals surface area contributed by atoms with Gasteiger partial charge in [-0.05, 0) is 46.4 Å². The molecule has 0 unspecified atom stereocenters. The summed E-state index contributed by atoms with van der Waals surface area (Å²) in [5.74, 6) is -0.975. The summed E-state index contributed by atoms with van der Waals surface area (Å²) >= 11 is 0. The Hall–Kier alpha value is -3.60. The smallest absolute Gasteiger partial charge is 0.407 e. The number of hydrogen-bond donors (Lipinski definition) is 2. The zero-order valence-corrected chi connectivity index (χ0v) is 16.0. The normalized spacial score (nSPS) is 12.2. The Morgan fingerprint density at radius 1 is 0.966 bits per heavy atom. The van der Waals surface area contributed by atoms with Gasteiger partial charge in [0.1, 0.15) is 6.61 Å². The van der Waals surface area contributed by atoms with Crippen molar-refractivity contribution in [3.63, 3.8) is 0 Å². The maximum Gasteiger partial charge on any atom is 0.407 e. The van der Waals surface area contributed by atoms with Crippen LogP contribution in [0.25, 0.3) is 11.1 Å². The first-order chi connectivity index (χ1) is 14.0. The van der Waals surface area contributed by atoms with E-state index in [9.17, 15) is 14.7 Å². The summed E-state index contributed by atoms with van der Waals surface area (Å²) in [5.41, 5.74) is 6.30. The third-order valence-electron chi connectivity index (χ3n) is 5.31. The number of amides is 1. The molecule has 4 rings (SSSR count). The Labute approximate surface area is 169 Å². The predicted molar refractivity (Wildman–Crippen MR) is 110 cm³/mol. The van der Waals surface area contributed by atoms with E-state index in [2.05, 4.69) is 29.6 Å². The van der Waals surface area contributed by atoms with Gasteiger partial charge in [0.15, 0.2) is 0 Å². The molecule has 0 bridgehead atoms. The van der Waals surface area contributed by atoms with E-state index in [1.807, 2.05) is 24.3 Å². The molecular formula is C24H21NO4. The van der Waals surface area contributed by atoms with Gasteiger partial charge >= 0.3 is 12.1 Å². The highest BCUT2D eigenvalue weighted by molar-refractivity contribution is 5.89. The Balaban J connectivity index is 1.41. The van der Waals surface area contributed by atoms with Gasteiger partial charge in [0.2, 0.25) is 0 Å². The highest BCUT2D eigenvalue weighted by Crippen LogP contribution is 2.44. The summed E-state index contributed by atoms with van der Waals surface area (Å²) in [6.45, 7) is 2.19. The number of rotatable bonds is 5. The predicted octanol–water partition coefficient (Wildman–Crippen LogP) is 4.73. The number of carboxylic acids is 1. The molecule has 146 valence electrons. The highest BCUT2D eigenvalue weighted by Gasteiger charge is 2.28. The van der Waals surface area contributed by atoms with Crippen molar-refractivity contribution in [2.45, 2.75) is 19.4 Å². The van der Waals surface area contributed by atoms with Gasteiger partial charge in [0.05, 0.1) is 5.56 Å². The molecule has 1 amide bonds. The van der Waals surface area contributed by atoms with Crippen LogP contribution < -0.4 is 5.32 Å². The molecule has 2 N–H and O–H groups in total. The fraction of sp³-hybridized carbons (Fsp3) is 0.167. The fourth-order valence-electron chi connectivity index (χ4n) is 3.83. The van der Waals surface area contributed by atoms with Crippen LogP contribution in [0.4, 0.5) is 4.79 Å². The lowest BCUT2D eigenvalue weighted by Gasteiger charge is -2.14. The first-order valence-corrected chi connectivity index (χ1v) is 9.46. The largest absolute Gasteiger partial charge is 0.478 e. The number of alkyl carbamates (subject to hydrolysis) is 1.